The fourth-order valence-corrected chi connectivity index (χ4v) is 12.7. The van der Waals surface area contributed by atoms with Crippen LogP contribution < -0.4 is 9.80 Å². The van der Waals surface area contributed by atoms with Crippen molar-refractivity contribution in [2.24, 2.45) is 5.92 Å². The topological polar surface area (TPSA) is 34.6 Å². The fraction of sp³-hybridized carbons (Fsp3) is 0.220. The molecule has 0 aliphatic heterocycles. The second-order valence-corrected chi connectivity index (χ2v) is 27.7. The van der Waals surface area contributed by atoms with Crippen molar-refractivity contribution in [2.75, 3.05) is 9.80 Å². The van der Waals surface area contributed by atoms with Gasteiger partial charge in [-0.05, 0) is 166 Å². The lowest BCUT2D eigenvalue weighted by Gasteiger charge is -2.44. The molecule has 4 nitrogen and oxygen atoms in total. The van der Waals surface area contributed by atoms with Crippen molar-refractivity contribution >= 4 is 28.4 Å². The summed E-state index contributed by atoms with van der Waals surface area (Å²) in [6.45, 7) is 35.4. The minimum Gasteiger partial charge on any atom is -0.330 e. The second-order valence-electron chi connectivity index (χ2n) is 27.7. The largest absolute Gasteiger partial charge is 0.330 e. The number of rotatable bonds is 10. The van der Waals surface area contributed by atoms with Crippen molar-refractivity contribution in [1.29, 1.82) is 5.26 Å². The van der Waals surface area contributed by atoms with Gasteiger partial charge >= 0.3 is 0 Å². The van der Waals surface area contributed by atoms with E-state index in [2.05, 4.69) is 298 Å². The summed E-state index contributed by atoms with van der Waals surface area (Å²) in [6, 6.07) is 68.5. The highest BCUT2D eigenvalue weighted by atomic mass is 15.2. The smallest absolute Gasteiger partial charge is 0.189 e. The lowest BCUT2D eigenvalue weighted by molar-refractivity contribution is 0.590. The van der Waals surface area contributed by atoms with Crippen molar-refractivity contribution in [3.8, 4) is 50.6 Å². The normalized spacial score (nSPS) is 16.3. The molecule has 0 amide bonds. The molecule has 424 valence electrons. The van der Waals surface area contributed by atoms with Crippen LogP contribution in [0.25, 0.3) is 49.4 Å². The third-order valence-electron chi connectivity index (χ3n) is 17.7. The average molecular weight is 1120 g/mol. The molecule has 86 heavy (non-hydrogen) atoms. The number of benzene rings is 8. The first-order valence-corrected chi connectivity index (χ1v) is 30.3. The third-order valence-corrected chi connectivity index (χ3v) is 17.7. The molecule has 0 spiro atoms. The molecule has 8 aromatic rings. The summed E-state index contributed by atoms with van der Waals surface area (Å²) in [5, 5.41) is 10.5. The molecule has 4 aliphatic rings. The first kappa shape index (κ1) is 57.0. The van der Waals surface area contributed by atoms with E-state index < -0.39 is 0 Å². The Morgan fingerprint density at radius 3 is 1.47 bits per heavy atom. The molecule has 4 heteroatoms. The molecule has 0 saturated carbocycles. The van der Waals surface area contributed by atoms with E-state index >= 15 is 0 Å². The third kappa shape index (κ3) is 10.9. The van der Waals surface area contributed by atoms with Crippen LogP contribution in [0.5, 0.6) is 0 Å². The molecular formula is C82H76N4. The van der Waals surface area contributed by atoms with Crippen molar-refractivity contribution < 1.29 is 0 Å². The number of allylic oxidation sites excluding steroid dienone is 10. The number of hydrogen-bond donors (Lipinski definition) is 0. The zero-order chi connectivity index (χ0) is 60.5. The molecule has 0 heterocycles. The van der Waals surface area contributed by atoms with E-state index in [1.54, 1.807) is 0 Å². The Hall–Kier alpha value is -9.48. The van der Waals surface area contributed by atoms with Gasteiger partial charge in [-0.15, -0.1) is 0 Å². The molecule has 2 unspecified atom stereocenters. The Balaban J connectivity index is 1.02. The minimum absolute atomic E-state index is 0.0146. The van der Waals surface area contributed by atoms with Gasteiger partial charge in [-0.1, -0.05) is 253 Å². The number of nitriles is 1. The highest BCUT2D eigenvalue weighted by Gasteiger charge is 2.41. The van der Waals surface area contributed by atoms with E-state index in [4.69, 9.17) is 6.57 Å². The number of nitrogens with zero attached hydrogens (tertiary/aromatic N) is 4. The van der Waals surface area contributed by atoms with Crippen LogP contribution in [-0.4, -0.2) is 6.04 Å². The van der Waals surface area contributed by atoms with Gasteiger partial charge in [0.2, 0.25) is 0 Å². The predicted molar refractivity (Wildman–Crippen MR) is 362 cm³/mol. The van der Waals surface area contributed by atoms with Gasteiger partial charge in [-0.25, -0.2) is 4.85 Å². The first-order chi connectivity index (χ1) is 41.0. The van der Waals surface area contributed by atoms with Crippen LogP contribution in [0.15, 0.2) is 264 Å². The molecule has 12 rings (SSSR count). The first-order valence-electron chi connectivity index (χ1n) is 30.3. The van der Waals surface area contributed by atoms with Gasteiger partial charge in [0.15, 0.2) is 5.69 Å². The molecular weight excluding hydrogens is 1040 g/mol. The summed E-state index contributed by atoms with van der Waals surface area (Å²) < 4.78 is 0. The number of hydrogen-bond acceptors (Lipinski definition) is 3. The fourth-order valence-electron chi connectivity index (χ4n) is 12.7. The maximum Gasteiger partial charge on any atom is 0.189 e. The predicted octanol–water partition coefficient (Wildman–Crippen LogP) is 22.1. The van der Waals surface area contributed by atoms with E-state index in [0.29, 0.717) is 11.3 Å². The zero-order valence-electron chi connectivity index (χ0n) is 51.9. The quantitative estimate of drug-likeness (QED) is 0.128. The maximum absolute atomic E-state index is 10.5. The maximum atomic E-state index is 10.5. The zero-order valence-corrected chi connectivity index (χ0v) is 51.9. The van der Waals surface area contributed by atoms with Crippen molar-refractivity contribution in [1.82, 2.24) is 0 Å². The van der Waals surface area contributed by atoms with Crippen LogP contribution >= 0.6 is 0 Å². The highest BCUT2D eigenvalue weighted by Crippen LogP contribution is 2.54. The Bertz CT molecular complexity index is 4300. The van der Waals surface area contributed by atoms with Crippen molar-refractivity contribution in [3.63, 3.8) is 0 Å². The minimum atomic E-state index is -0.258. The van der Waals surface area contributed by atoms with E-state index in [-0.39, 0.29) is 33.6 Å². The molecule has 2 atom stereocenters. The number of anilines is 4. The van der Waals surface area contributed by atoms with Gasteiger partial charge in [0.1, 0.15) is 0 Å². The van der Waals surface area contributed by atoms with E-state index in [0.717, 1.165) is 73.0 Å². The average Bonchev–Trinajstić information content (AvgIpc) is 0.812. The van der Waals surface area contributed by atoms with Crippen LogP contribution in [-0.2, 0) is 21.7 Å². The van der Waals surface area contributed by atoms with E-state index in [9.17, 15) is 5.26 Å². The Labute approximate surface area is 511 Å². The summed E-state index contributed by atoms with van der Waals surface area (Å²) in [5.41, 5.74) is 26.4. The van der Waals surface area contributed by atoms with Gasteiger partial charge < -0.3 is 9.80 Å². The summed E-state index contributed by atoms with van der Waals surface area (Å²) in [4.78, 5) is 8.85. The molecule has 0 saturated heterocycles. The van der Waals surface area contributed by atoms with E-state index in [1.807, 2.05) is 36.4 Å². The highest BCUT2D eigenvalue weighted by molar-refractivity contribution is 5.92. The van der Waals surface area contributed by atoms with E-state index in [1.165, 1.54) is 50.1 Å². The Kier molecular flexibility index (Phi) is 14.5. The van der Waals surface area contributed by atoms with Crippen molar-refractivity contribution in [3.05, 3.63) is 303 Å². The molecule has 0 fully saturated rings. The summed E-state index contributed by atoms with van der Waals surface area (Å²) in [7, 11) is 0. The van der Waals surface area contributed by atoms with Crippen LogP contribution in [0, 0.1) is 23.8 Å². The van der Waals surface area contributed by atoms with Crippen LogP contribution in [0.1, 0.15) is 111 Å². The monoisotopic (exact) mass is 1120 g/mol. The van der Waals surface area contributed by atoms with Gasteiger partial charge in [0, 0.05) is 34.1 Å². The molecule has 0 radical (unpaired) electrons. The molecule has 0 bridgehead atoms. The molecule has 4 aliphatic carbocycles. The summed E-state index contributed by atoms with van der Waals surface area (Å²) in [5.74, 6) is -0.0979. The second kappa shape index (κ2) is 21.9. The lowest BCUT2D eigenvalue weighted by atomic mass is 9.67. The molecule has 0 aromatic heterocycles. The van der Waals surface area contributed by atoms with Crippen molar-refractivity contribution in [2.45, 2.75) is 111 Å². The molecule has 8 aromatic carbocycles. The lowest BCUT2D eigenvalue weighted by Crippen LogP contribution is -2.37. The summed E-state index contributed by atoms with van der Waals surface area (Å²) in [6.07, 6.45) is 18.6. The Morgan fingerprint density at radius 1 is 0.453 bits per heavy atom. The van der Waals surface area contributed by atoms with Crippen LogP contribution in [0.2, 0.25) is 0 Å². The Morgan fingerprint density at radius 2 is 0.942 bits per heavy atom. The van der Waals surface area contributed by atoms with Gasteiger partial charge in [-0.3, -0.25) is 0 Å². The van der Waals surface area contributed by atoms with Gasteiger partial charge in [-0.2, -0.15) is 5.26 Å². The van der Waals surface area contributed by atoms with Crippen LogP contribution in [0.3, 0.4) is 0 Å². The summed E-state index contributed by atoms with van der Waals surface area (Å²) >= 11 is 0. The molecule has 0 N–H and O–H groups in total. The van der Waals surface area contributed by atoms with Gasteiger partial charge in [0.05, 0.1) is 35.6 Å². The van der Waals surface area contributed by atoms with Crippen LogP contribution in [0.4, 0.5) is 28.4 Å². The standard InChI is InChI=1S/C82H76N4/c1-79(2,3)62-34-20-54(21-35-62)60-32-46-75(71(49-60)56-24-38-64(39-25-56)81(7,8)9)85(67-18-14-16-53(48-67)52-83)73-44-30-58-29-43-70-74(45-31-59-28-42-69(73)77(58)78(59)70)86(68-19-15-17-66(51-68)84-13)76-47-33-61(55-22-36-63(37-23-55)80(4,5)6)50-72(76)57-26-40-65(41-27-57)82(10,11)12/h14-51,73,78H,1-12H3. The van der Waals surface area contributed by atoms with Gasteiger partial charge in [0.25, 0.3) is 0 Å². The SMILES string of the molecule is [C-]#[N+]c1cccc(N(C2=C3C=CC4=C5C(=CC=C(C=C2)C35)C(N(c2cccc(C#N)c2)c2ccc(-c3ccc(C(C)(C)C)cc3)cc2-c2ccc(C(C)(C)C)cc2)C=C4)c2ccc(-c3ccc(C(C)(C)C)cc3)cc2-c2ccc(C(C)(C)C)cc2)c1.